The lowest BCUT2D eigenvalue weighted by Crippen LogP contribution is -1.92. The Hall–Kier alpha value is -6.44. The predicted molar refractivity (Wildman–Crippen MR) is 210 cm³/mol. The molecule has 1 heterocycles. The van der Waals surface area contributed by atoms with Crippen molar-refractivity contribution >= 4 is 86.6 Å². The van der Waals surface area contributed by atoms with Gasteiger partial charge in [-0.25, -0.2) is 0 Å². The van der Waals surface area contributed by atoms with E-state index in [4.69, 9.17) is 4.42 Å². The van der Waals surface area contributed by atoms with Crippen LogP contribution in [0.15, 0.2) is 174 Å². The summed E-state index contributed by atoms with van der Waals surface area (Å²) in [5.74, 6) is 0. The molecule has 0 aliphatic rings. The van der Waals surface area contributed by atoms with E-state index in [9.17, 15) is 0 Å². The van der Waals surface area contributed by atoms with Gasteiger partial charge in [0.05, 0.1) is 0 Å². The molecule has 1 aromatic heterocycles. The van der Waals surface area contributed by atoms with Gasteiger partial charge in [-0.15, -0.1) is 0 Å². The average Bonchev–Trinajstić information content (AvgIpc) is 3.55. The lowest BCUT2D eigenvalue weighted by Gasteiger charge is -2.20. The molecule has 1 nitrogen and oxygen atoms in total. The van der Waals surface area contributed by atoms with E-state index in [-0.39, 0.29) is 0 Å². The molecule has 49 heavy (non-hydrogen) atoms. The minimum atomic E-state index is 0.911. The molecule has 0 aliphatic heterocycles. The molecular formula is C48H28O. The predicted octanol–water partition coefficient (Wildman–Crippen LogP) is 13.8. The molecule has 0 atom stereocenters. The summed E-state index contributed by atoms with van der Waals surface area (Å²) < 4.78 is 6.56. The van der Waals surface area contributed by atoms with E-state index in [1.807, 2.05) is 0 Å². The molecule has 0 N–H and O–H groups in total. The van der Waals surface area contributed by atoms with Crippen LogP contribution in [-0.4, -0.2) is 0 Å². The quantitative estimate of drug-likeness (QED) is 0.138. The van der Waals surface area contributed by atoms with Gasteiger partial charge in [0.1, 0.15) is 11.2 Å². The number of rotatable bonds is 2. The van der Waals surface area contributed by atoms with E-state index >= 15 is 0 Å². The Morgan fingerprint density at radius 1 is 0.286 bits per heavy atom. The lowest BCUT2D eigenvalue weighted by atomic mass is 9.83. The SMILES string of the molecule is c1ccc2c(c1)ccc1cc(-c3c4ccccc4c(-c4ccc5c(c4)oc4ccc6ccccc6c45)c4ccccc34)c3ccccc3c12. The Morgan fingerprint density at radius 2 is 0.796 bits per heavy atom. The van der Waals surface area contributed by atoms with Crippen molar-refractivity contribution in [1.82, 2.24) is 0 Å². The fourth-order valence-corrected chi connectivity index (χ4v) is 8.52. The molecule has 0 saturated heterocycles. The summed E-state index contributed by atoms with van der Waals surface area (Å²) in [6.45, 7) is 0. The van der Waals surface area contributed by atoms with Gasteiger partial charge in [0, 0.05) is 10.8 Å². The van der Waals surface area contributed by atoms with Crippen molar-refractivity contribution < 1.29 is 4.42 Å². The van der Waals surface area contributed by atoms with Gasteiger partial charge in [0.2, 0.25) is 0 Å². The molecule has 11 rings (SSSR count). The van der Waals surface area contributed by atoms with Crippen molar-refractivity contribution in [2.24, 2.45) is 0 Å². The smallest absolute Gasteiger partial charge is 0.136 e. The van der Waals surface area contributed by atoms with Gasteiger partial charge in [0.15, 0.2) is 0 Å². The molecule has 1 heteroatoms. The van der Waals surface area contributed by atoms with Crippen LogP contribution in [0.3, 0.4) is 0 Å². The van der Waals surface area contributed by atoms with Gasteiger partial charge in [-0.2, -0.15) is 0 Å². The zero-order valence-electron chi connectivity index (χ0n) is 26.6. The third-order valence-corrected chi connectivity index (χ3v) is 10.6. The Kier molecular flexibility index (Phi) is 5.45. The van der Waals surface area contributed by atoms with Crippen molar-refractivity contribution in [2.75, 3.05) is 0 Å². The van der Waals surface area contributed by atoms with Crippen molar-refractivity contribution in [3.63, 3.8) is 0 Å². The molecule has 10 aromatic carbocycles. The van der Waals surface area contributed by atoms with Crippen molar-refractivity contribution in [3.05, 3.63) is 170 Å². The number of fused-ring (bicyclic) bond motifs is 12. The van der Waals surface area contributed by atoms with E-state index in [1.165, 1.54) is 86.7 Å². The second kappa shape index (κ2) is 10.0. The molecule has 0 aliphatic carbocycles. The minimum absolute atomic E-state index is 0.911. The summed E-state index contributed by atoms with van der Waals surface area (Å²) in [4.78, 5) is 0. The topological polar surface area (TPSA) is 13.1 Å². The molecule has 226 valence electrons. The van der Waals surface area contributed by atoms with E-state index in [0.29, 0.717) is 0 Å². The van der Waals surface area contributed by atoms with Crippen molar-refractivity contribution in [3.8, 4) is 22.3 Å². The number of furan rings is 1. The highest BCUT2D eigenvalue weighted by Crippen LogP contribution is 2.48. The van der Waals surface area contributed by atoms with Gasteiger partial charge < -0.3 is 4.42 Å². The van der Waals surface area contributed by atoms with Gasteiger partial charge in [-0.1, -0.05) is 146 Å². The molecule has 0 unspecified atom stereocenters. The second-order valence-corrected chi connectivity index (χ2v) is 13.2. The molecule has 0 spiro atoms. The highest BCUT2D eigenvalue weighted by molar-refractivity contribution is 6.29. The van der Waals surface area contributed by atoms with E-state index in [0.717, 1.165) is 22.1 Å². The zero-order chi connectivity index (χ0) is 32.1. The summed E-state index contributed by atoms with van der Waals surface area (Å²) in [6, 6.07) is 62.1. The fraction of sp³-hybridized carbons (Fsp3) is 0. The molecular weight excluding hydrogens is 593 g/mol. The van der Waals surface area contributed by atoms with Crippen LogP contribution in [0.5, 0.6) is 0 Å². The normalized spacial score (nSPS) is 12.1. The van der Waals surface area contributed by atoms with Crippen LogP contribution in [0, 0.1) is 0 Å². The highest BCUT2D eigenvalue weighted by Gasteiger charge is 2.20. The largest absolute Gasteiger partial charge is 0.456 e. The zero-order valence-corrected chi connectivity index (χ0v) is 26.6. The van der Waals surface area contributed by atoms with Crippen molar-refractivity contribution in [1.29, 1.82) is 0 Å². The summed E-state index contributed by atoms with van der Waals surface area (Å²) in [6.07, 6.45) is 0. The maximum absolute atomic E-state index is 6.56. The maximum Gasteiger partial charge on any atom is 0.136 e. The molecule has 0 amide bonds. The van der Waals surface area contributed by atoms with Crippen LogP contribution < -0.4 is 0 Å². The first kappa shape index (κ1) is 26.6. The number of hydrogen-bond acceptors (Lipinski definition) is 1. The fourth-order valence-electron chi connectivity index (χ4n) is 8.52. The Morgan fingerprint density at radius 3 is 1.47 bits per heavy atom. The van der Waals surface area contributed by atoms with Crippen LogP contribution in [0.4, 0.5) is 0 Å². The second-order valence-electron chi connectivity index (χ2n) is 13.2. The standard InChI is InChI=1S/C48H28O/c1-3-13-33-29(11-1)21-22-31-27-42(35-15-5-6-16-36(35)45(31)33)47-39-19-9-7-17-37(39)46(38-18-8-10-20-40(38)47)32-23-25-41-44(28-32)49-43-26-24-30-12-2-4-14-34(30)48(41)43/h1-28H. The molecule has 0 fully saturated rings. The Balaban J connectivity index is 1.23. The van der Waals surface area contributed by atoms with E-state index < -0.39 is 0 Å². The van der Waals surface area contributed by atoms with E-state index in [1.54, 1.807) is 0 Å². The van der Waals surface area contributed by atoms with Crippen LogP contribution in [0.25, 0.3) is 109 Å². The van der Waals surface area contributed by atoms with Crippen LogP contribution in [0.2, 0.25) is 0 Å². The summed E-state index contributed by atoms with van der Waals surface area (Å²) in [7, 11) is 0. The third kappa shape index (κ3) is 3.76. The highest BCUT2D eigenvalue weighted by atomic mass is 16.3. The van der Waals surface area contributed by atoms with E-state index in [2.05, 4.69) is 170 Å². The van der Waals surface area contributed by atoms with Crippen LogP contribution >= 0.6 is 0 Å². The minimum Gasteiger partial charge on any atom is -0.456 e. The summed E-state index contributed by atoms with van der Waals surface area (Å²) in [5, 5.41) is 17.4. The van der Waals surface area contributed by atoms with Gasteiger partial charge in [-0.05, 0) is 111 Å². The number of hydrogen-bond donors (Lipinski definition) is 0. The van der Waals surface area contributed by atoms with Gasteiger partial charge >= 0.3 is 0 Å². The molecule has 0 saturated carbocycles. The average molecular weight is 621 g/mol. The molecule has 0 radical (unpaired) electrons. The first-order valence-corrected chi connectivity index (χ1v) is 16.9. The number of benzene rings is 10. The Bertz CT molecular complexity index is 3100. The monoisotopic (exact) mass is 620 g/mol. The first-order valence-electron chi connectivity index (χ1n) is 16.9. The lowest BCUT2D eigenvalue weighted by molar-refractivity contribution is 0.669. The molecule has 0 bridgehead atoms. The summed E-state index contributed by atoms with van der Waals surface area (Å²) in [5.41, 5.74) is 6.76. The van der Waals surface area contributed by atoms with Crippen LogP contribution in [-0.2, 0) is 0 Å². The van der Waals surface area contributed by atoms with Crippen LogP contribution in [0.1, 0.15) is 0 Å². The first-order chi connectivity index (χ1) is 24.3. The molecule has 11 aromatic rings. The van der Waals surface area contributed by atoms with Gasteiger partial charge in [0.25, 0.3) is 0 Å². The Labute approximate surface area is 282 Å². The maximum atomic E-state index is 6.56. The van der Waals surface area contributed by atoms with Crippen molar-refractivity contribution in [2.45, 2.75) is 0 Å². The summed E-state index contributed by atoms with van der Waals surface area (Å²) >= 11 is 0. The third-order valence-electron chi connectivity index (χ3n) is 10.6. The van der Waals surface area contributed by atoms with Gasteiger partial charge in [-0.3, -0.25) is 0 Å².